The third-order valence-corrected chi connectivity index (χ3v) is 4.68. The highest BCUT2D eigenvalue weighted by atomic mass is 19.4. The number of aromatic amines is 1. The molecule has 1 aromatic carbocycles. The van der Waals surface area contributed by atoms with Crippen LogP contribution in [0.2, 0.25) is 0 Å². The van der Waals surface area contributed by atoms with Crippen molar-refractivity contribution in [3.8, 4) is 0 Å². The Labute approximate surface area is 154 Å². The van der Waals surface area contributed by atoms with Gasteiger partial charge in [-0.15, -0.1) is 0 Å². The number of amides is 1. The molecule has 27 heavy (non-hydrogen) atoms. The van der Waals surface area contributed by atoms with E-state index in [0.717, 1.165) is 12.1 Å². The summed E-state index contributed by atoms with van der Waals surface area (Å²) in [6, 6.07) is 10.3. The summed E-state index contributed by atoms with van der Waals surface area (Å²) in [6.45, 7) is 4.08. The lowest BCUT2D eigenvalue weighted by Crippen LogP contribution is -2.54. The standard InChI is InChI=1S/C19H20F3N3O2/c1-13-11-24(12-14-5-3-2-4-6-14)7-8-25(13)18(27)16-9-15(19(20,21)22)10-23-17(16)26/h2-6,9-10,13H,7-8,11-12H2,1H3,(H,23,26)/t13-/m1/s1. The summed E-state index contributed by atoms with van der Waals surface area (Å²) in [4.78, 5) is 30.3. The molecule has 1 amide bonds. The molecule has 1 atom stereocenters. The summed E-state index contributed by atoms with van der Waals surface area (Å²) in [5.74, 6) is -0.672. The van der Waals surface area contributed by atoms with E-state index in [1.165, 1.54) is 4.90 Å². The largest absolute Gasteiger partial charge is 0.417 e. The van der Waals surface area contributed by atoms with Crippen LogP contribution in [0.1, 0.15) is 28.4 Å². The van der Waals surface area contributed by atoms with Gasteiger partial charge in [-0.05, 0) is 18.6 Å². The average Bonchev–Trinajstić information content (AvgIpc) is 2.61. The number of halogens is 3. The van der Waals surface area contributed by atoms with Crippen LogP contribution in [0.15, 0.2) is 47.4 Å². The number of piperazine rings is 1. The van der Waals surface area contributed by atoms with Crippen LogP contribution in [-0.4, -0.2) is 46.4 Å². The summed E-state index contributed by atoms with van der Waals surface area (Å²) in [7, 11) is 0. The van der Waals surface area contributed by atoms with Gasteiger partial charge in [-0.25, -0.2) is 0 Å². The second-order valence-electron chi connectivity index (χ2n) is 6.70. The van der Waals surface area contributed by atoms with E-state index in [-0.39, 0.29) is 6.04 Å². The molecule has 1 aromatic heterocycles. The second kappa shape index (κ2) is 7.56. The van der Waals surface area contributed by atoms with Gasteiger partial charge in [0.2, 0.25) is 0 Å². The number of alkyl halides is 3. The van der Waals surface area contributed by atoms with Gasteiger partial charge >= 0.3 is 6.18 Å². The van der Waals surface area contributed by atoms with Crippen molar-refractivity contribution in [2.24, 2.45) is 0 Å². The molecule has 0 bridgehead atoms. The van der Waals surface area contributed by atoms with Crippen molar-refractivity contribution in [2.75, 3.05) is 19.6 Å². The van der Waals surface area contributed by atoms with E-state index in [1.54, 1.807) is 0 Å². The van der Waals surface area contributed by atoms with Crippen molar-refractivity contribution in [2.45, 2.75) is 25.7 Å². The number of nitrogens with zero attached hydrogens (tertiary/aromatic N) is 2. The molecule has 0 saturated carbocycles. The third-order valence-electron chi connectivity index (χ3n) is 4.68. The highest BCUT2D eigenvalue weighted by molar-refractivity contribution is 5.94. The molecule has 0 spiro atoms. The Balaban J connectivity index is 1.73. The zero-order valence-corrected chi connectivity index (χ0v) is 14.8. The Morgan fingerprint density at radius 2 is 1.93 bits per heavy atom. The summed E-state index contributed by atoms with van der Waals surface area (Å²) < 4.78 is 38.7. The van der Waals surface area contributed by atoms with Crippen molar-refractivity contribution in [3.63, 3.8) is 0 Å². The van der Waals surface area contributed by atoms with E-state index in [9.17, 15) is 22.8 Å². The number of pyridine rings is 1. The zero-order chi connectivity index (χ0) is 19.6. The molecule has 2 aromatic rings. The molecule has 8 heteroatoms. The molecule has 0 radical (unpaired) electrons. The number of hydrogen-bond acceptors (Lipinski definition) is 3. The maximum atomic E-state index is 12.9. The van der Waals surface area contributed by atoms with E-state index in [0.29, 0.717) is 31.9 Å². The number of rotatable bonds is 3. The summed E-state index contributed by atoms with van der Waals surface area (Å²) in [5.41, 5.74) is -1.18. The van der Waals surface area contributed by atoms with Gasteiger partial charge in [-0.2, -0.15) is 13.2 Å². The summed E-state index contributed by atoms with van der Waals surface area (Å²) >= 11 is 0. The fraction of sp³-hybridized carbons (Fsp3) is 0.368. The lowest BCUT2D eigenvalue weighted by molar-refractivity contribution is -0.137. The minimum absolute atomic E-state index is 0.219. The molecule has 144 valence electrons. The number of nitrogens with one attached hydrogen (secondary N) is 1. The number of aromatic nitrogens is 1. The number of benzene rings is 1. The van der Waals surface area contributed by atoms with E-state index in [2.05, 4.69) is 4.90 Å². The van der Waals surface area contributed by atoms with Crippen molar-refractivity contribution in [1.82, 2.24) is 14.8 Å². The lowest BCUT2D eigenvalue weighted by Gasteiger charge is -2.39. The highest BCUT2D eigenvalue weighted by Crippen LogP contribution is 2.28. The van der Waals surface area contributed by atoms with Crippen molar-refractivity contribution < 1.29 is 18.0 Å². The van der Waals surface area contributed by atoms with Gasteiger partial charge in [0.15, 0.2) is 0 Å². The predicted octanol–water partition coefficient (Wildman–Crippen LogP) is 2.74. The van der Waals surface area contributed by atoms with Crippen LogP contribution >= 0.6 is 0 Å². The molecule has 0 aliphatic carbocycles. The number of H-pyrrole nitrogens is 1. The van der Waals surface area contributed by atoms with Gasteiger partial charge < -0.3 is 9.88 Å². The zero-order valence-electron chi connectivity index (χ0n) is 14.8. The van der Waals surface area contributed by atoms with Crippen molar-refractivity contribution >= 4 is 5.91 Å². The van der Waals surface area contributed by atoms with Crippen LogP contribution < -0.4 is 5.56 Å². The third kappa shape index (κ3) is 4.39. The molecule has 5 nitrogen and oxygen atoms in total. The van der Waals surface area contributed by atoms with E-state index in [1.807, 2.05) is 42.2 Å². The molecular formula is C19H20F3N3O2. The van der Waals surface area contributed by atoms with Gasteiger partial charge in [0.1, 0.15) is 5.56 Å². The highest BCUT2D eigenvalue weighted by Gasteiger charge is 2.34. The van der Waals surface area contributed by atoms with Crippen LogP contribution in [0.4, 0.5) is 13.2 Å². The molecule has 3 rings (SSSR count). The second-order valence-corrected chi connectivity index (χ2v) is 6.70. The van der Waals surface area contributed by atoms with E-state index >= 15 is 0 Å². The molecular weight excluding hydrogens is 359 g/mol. The molecule has 1 N–H and O–H groups in total. The normalized spacial score (nSPS) is 18.5. The molecule has 2 heterocycles. The van der Waals surface area contributed by atoms with Crippen LogP contribution in [0.25, 0.3) is 0 Å². The molecule has 1 fully saturated rings. The van der Waals surface area contributed by atoms with E-state index in [4.69, 9.17) is 0 Å². The van der Waals surface area contributed by atoms with E-state index < -0.39 is 28.8 Å². The summed E-state index contributed by atoms with van der Waals surface area (Å²) in [6.07, 6.45) is -4.04. The molecule has 1 aliphatic heterocycles. The first kappa shape index (κ1) is 19.2. The SMILES string of the molecule is C[C@@H]1CN(Cc2ccccc2)CCN1C(=O)c1cc(C(F)(F)F)c[nH]c1=O. The maximum absolute atomic E-state index is 12.9. The molecule has 1 saturated heterocycles. The van der Waals surface area contributed by atoms with Crippen molar-refractivity contribution in [1.29, 1.82) is 0 Å². The smallest absolute Gasteiger partial charge is 0.333 e. The fourth-order valence-corrected chi connectivity index (χ4v) is 3.28. The first-order valence-corrected chi connectivity index (χ1v) is 8.63. The van der Waals surface area contributed by atoms with Gasteiger partial charge in [-0.3, -0.25) is 14.5 Å². The number of carbonyl (C=O) groups excluding carboxylic acids is 1. The average molecular weight is 379 g/mol. The van der Waals surface area contributed by atoms with Crippen LogP contribution in [0, 0.1) is 0 Å². The Hall–Kier alpha value is -2.61. The van der Waals surface area contributed by atoms with Gasteiger partial charge in [0.25, 0.3) is 11.5 Å². The predicted molar refractivity (Wildman–Crippen MR) is 94.3 cm³/mol. The van der Waals surface area contributed by atoms with Gasteiger partial charge in [-0.1, -0.05) is 30.3 Å². The van der Waals surface area contributed by atoms with Crippen LogP contribution in [-0.2, 0) is 12.7 Å². The monoisotopic (exact) mass is 379 g/mol. The summed E-state index contributed by atoms with van der Waals surface area (Å²) in [5, 5.41) is 0. The number of hydrogen-bond donors (Lipinski definition) is 1. The topological polar surface area (TPSA) is 56.4 Å². The first-order valence-electron chi connectivity index (χ1n) is 8.63. The van der Waals surface area contributed by atoms with Crippen molar-refractivity contribution in [3.05, 3.63) is 69.6 Å². The first-order chi connectivity index (χ1) is 12.8. The Morgan fingerprint density at radius 3 is 2.56 bits per heavy atom. The Bertz CT molecular complexity index is 864. The minimum Gasteiger partial charge on any atom is -0.333 e. The van der Waals surface area contributed by atoms with Gasteiger partial charge in [0, 0.05) is 38.4 Å². The molecule has 1 aliphatic rings. The van der Waals surface area contributed by atoms with Crippen LogP contribution in [0.5, 0.6) is 0 Å². The number of carbonyl (C=O) groups is 1. The minimum atomic E-state index is -4.63. The lowest BCUT2D eigenvalue weighted by atomic mass is 10.1. The maximum Gasteiger partial charge on any atom is 0.417 e. The quantitative estimate of drug-likeness (QED) is 0.892. The molecule has 0 unspecified atom stereocenters. The Morgan fingerprint density at radius 1 is 1.22 bits per heavy atom. The Kier molecular flexibility index (Phi) is 5.36. The van der Waals surface area contributed by atoms with Crippen LogP contribution in [0.3, 0.4) is 0 Å². The fourth-order valence-electron chi connectivity index (χ4n) is 3.28. The van der Waals surface area contributed by atoms with Gasteiger partial charge in [0.05, 0.1) is 5.56 Å².